The highest BCUT2D eigenvalue weighted by molar-refractivity contribution is 5.76. The van der Waals surface area contributed by atoms with Crippen molar-refractivity contribution in [1.29, 1.82) is 0 Å². The molecule has 0 aromatic rings. The van der Waals surface area contributed by atoms with Crippen LogP contribution in [0, 0.1) is 0 Å². The molecule has 16 N–H and O–H groups in total. The van der Waals surface area contributed by atoms with Gasteiger partial charge in [-0.3, -0.25) is 0 Å². The van der Waals surface area contributed by atoms with Crippen LogP contribution in [0.4, 0.5) is 0 Å². The summed E-state index contributed by atoms with van der Waals surface area (Å²) in [5.74, 6) is 0. The van der Waals surface area contributed by atoms with Crippen molar-refractivity contribution in [3.05, 3.63) is 0 Å². The van der Waals surface area contributed by atoms with E-state index in [0.29, 0.717) is 0 Å². The lowest BCUT2D eigenvalue weighted by Gasteiger charge is -0.413. The molecule has 0 atom stereocenters. The fraction of sp³-hybridized carbons (Fsp3) is 0. The van der Waals surface area contributed by atoms with Crippen molar-refractivity contribution in [2.24, 2.45) is 0 Å². The van der Waals surface area contributed by atoms with Crippen LogP contribution in [-0.2, 0) is 0 Å². The summed E-state index contributed by atoms with van der Waals surface area (Å²) in [4.78, 5) is 0. The Labute approximate surface area is 112 Å². The second-order valence-electron chi connectivity index (χ2n) is 0. The van der Waals surface area contributed by atoms with Crippen molar-refractivity contribution in [2.45, 2.75) is 0 Å². The first-order valence-electron chi connectivity index (χ1n) is 0. The van der Waals surface area contributed by atoms with Gasteiger partial charge in [-0.25, -0.2) is 0 Å². The average Bonchev–Trinajstić information content (AvgIpc) is 0. The number of hydrogen-bond donors (Lipinski definition) is 0. The second-order valence-corrected chi connectivity index (χ2v) is 0. The summed E-state index contributed by atoms with van der Waals surface area (Å²) in [5, 5.41) is 0. The van der Waals surface area contributed by atoms with Gasteiger partial charge in [-0.15, -0.1) is 0 Å². The maximum atomic E-state index is 0. The molecule has 70 valence electrons. The number of hydrogen-bond acceptors (Lipinski definition) is 0. The van der Waals surface area contributed by atoms with E-state index in [1.165, 1.54) is 0 Å². The monoisotopic (exact) mass is 216 g/mol. The fourth-order valence-corrected chi connectivity index (χ4v) is 0. The third kappa shape index (κ3) is 305. The summed E-state index contributed by atoms with van der Waals surface area (Å²) >= 11 is 0. The van der Waals surface area contributed by atoms with Crippen molar-refractivity contribution in [3.8, 4) is 0 Å². The zero-order valence-corrected chi connectivity index (χ0v) is 10.4. The molecule has 11 heteroatoms. The Morgan fingerprint density at radius 1 is 0.182 bits per heavy atom. The quantitative estimate of drug-likeness (QED) is 0.342. The van der Waals surface area contributed by atoms with E-state index in [0.717, 1.165) is 0 Å². The lowest BCUT2D eigenvalue weighted by atomic mass is 16.0. The van der Waals surface area contributed by atoms with Gasteiger partial charge in [0.05, 0.1) is 0 Å². The highest BCUT2D eigenvalue weighted by Gasteiger charge is 0.00206. The average molecular weight is 217 g/mol. The van der Waals surface area contributed by atoms with Crippen molar-refractivity contribution in [3.63, 3.8) is 0 Å². The van der Waals surface area contributed by atoms with Gasteiger partial charge in [-0.1, -0.05) is 0 Å². The minimum absolute atomic E-state index is 0. The molecule has 11 heavy (non-hydrogen) atoms. The molecule has 0 amide bonds. The molecule has 0 aliphatic rings. The zero-order valence-electron chi connectivity index (χ0n) is 6.12. The Morgan fingerprint density at radius 3 is 0.182 bits per heavy atom. The smallest absolute Gasteiger partial charge is 0 e. The first kappa shape index (κ1) is 476. The highest BCUT2D eigenvalue weighted by atomic mass is 24.3. The summed E-state index contributed by atoms with van der Waals surface area (Å²) in [6.07, 6.45) is 0. The van der Waals surface area contributed by atoms with Crippen LogP contribution in [0.1, 0.15) is 0 Å². The van der Waals surface area contributed by atoms with E-state index in [1.807, 2.05) is 0 Å². The van der Waals surface area contributed by atoms with Gasteiger partial charge >= 0.3 is 0 Å². The highest BCUT2D eigenvalue weighted by Crippen LogP contribution is -0.282. The minimum Gasteiger partial charge on any atom is -0.412 e. The van der Waals surface area contributed by atoms with Crippen molar-refractivity contribution >= 4 is 69.2 Å². The van der Waals surface area contributed by atoms with Gasteiger partial charge in [-0.2, -0.15) is 0 Å². The molecule has 0 aliphatic carbocycles. The SMILES string of the molecule is O.O.O.O.O.O.O.O.[Mg].[Mg].[Mg]. The van der Waals surface area contributed by atoms with Gasteiger partial charge in [0.25, 0.3) is 0 Å². The minimum atomic E-state index is 0. The van der Waals surface area contributed by atoms with Crippen LogP contribution in [-0.4, -0.2) is 113 Å². The lowest BCUT2D eigenvalue weighted by molar-refractivity contribution is 0.823. The maximum absolute atomic E-state index is 0. The lowest BCUT2D eigenvalue weighted by Crippen LogP contribution is -0.382. The summed E-state index contributed by atoms with van der Waals surface area (Å²) in [6, 6.07) is 0. The van der Waals surface area contributed by atoms with E-state index < -0.39 is 0 Å². The van der Waals surface area contributed by atoms with Gasteiger partial charge in [0, 0.05) is 69.2 Å². The molecule has 0 aromatic heterocycles. The van der Waals surface area contributed by atoms with Gasteiger partial charge in [0.15, 0.2) is 0 Å². The molecule has 0 aliphatic heterocycles. The molecule has 0 unspecified atom stereocenters. The van der Waals surface area contributed by atoms with Crippen LogP contribution in [0.5, 0.6) is 0 Å². The topological polar surface area (TPSA) is 252 Å². The Morgan fingerprint density at radius 2 is 0.182 bits per heavy atom. The van der Waals surface area contributed by atoms with E-state index >= 15 is 0 Å². The van der Waals surface area contributed by atoms with E-state index in [4.69, 9.17) is 0 Å². The molecular formula is H16Mg3O8. The molecule has 0 bridgehead atoms. The van der Waals surface area contributed by atoms with Crippen LogP contribution in [0.25, 0.3) is 0 Å². The van der Waals surface area contributed by atoms with Crippen LogP contribution < -0.4 is 0 Å². The van der Waals surface area contributed by atoms with E-state index in [1.54, 1.807) is 0 Å². The predicted octanol–water partition coefficient (Wildman–Crippen LogP) is -7.74. The Kier molecular flexibility index (Phi) is 15900. The summed E-state index contributed by atoms with van der Waals surface area (Å²) in [7, 11) is 0. The summed E-state index contributed by atoms with van der Waals surface area (Å²) < 4.78 is 0. The van der Waals surface area contributed by atoms with Crippen LogP contribution >= 0.6 is 0 Å². The van der Waals surface area contributed by atoms with Gasteiger partial charge in [0.1, 0.15) is 0 Å². The van der Waals surface area contributed by atoms with Gasteiger partial charge < -0.3 is 43.8 Å². The summed E-state index contributed by atoms with van der Waals surface area (Å²) in [5.41, 5.74) is 0. The molecule has 0 fully saturated rings. The molecule has 0 saturated carbocycles. The molecule has 0 saturated heterocycles. The normalized spacial score (nSPS) is 0. The van der Waals surface area contributed by atoms with Gasteiger partial charge in [0.2, 0.25) is 0 Å². The zero-order chi connectivity index (χ0) is 0. The predicted molar refractivity (Wildman–Crippen MR) is 46.2 cm³/mol. The molecule has 6 radical (unpaired) electrons. The maximum Gasteiger partial charge on any atom is 0 e. The van der Waals surface area contributed by atoms with E-state index in [9.17, 15) is 0 Å². The Balaban J connectivity index is 0. The fourth-order valence-electron chi connectivity index (χ4n) is 0. The molecular weight excluding hydrogens is 201 g/mol. The van der Waals surface area contributed by atoms with Crippen LogP contribution in [0.3, 0.4) is 0 Å². The molecule has 0 spiro atoms. The first-order chi connectivity index (χ1) is 0. The van der Waals surface area contributed by atoms with E-state index in [-0.39, 0.29) is 113 Å². The number of rotatable bonds is 0. The molecule has 0 heterocycles. The summed E-state index contributed by atoms with van der Waals surface area (Å²) in [6.45, 7) is 0. The van der Waals surface area contributed by atoms with Crippen molar-refractivity contribution in [1.82, 2.24) is 0 Å². The third-order valence-electron chi connectivity index (χ3n) is 0. The van der Waals surface area contributed by atoms with Crippen molar-refractivity contribution in [2.75, 3.05) is 0 Å². The van der Waals surface area contributed by atoms with Crippen LogP contribution in [0.15, 0.2) is 0 Å². The third-order valence-corrected chi connectivity index (χ3v) is 0. The first-order valence-corrected chi connectivity index (χ1v) is 0. The Hall–Kier alpha value is 1.98. The molecule has 8 nitrogen and oxygen atoms in total. The molecule has 0 rings (SSSR count). The largest absolute Gasteiger partial charge is 0.412 e. The molecule has 0 aromatic carbocycles. The van der Waals surface area contributed by atoms with Crippen molar-refractivity contribution < 1.29 is 43.8 Å². The van der Waals surface area contributed by atoms with Gasteiger partial charge in [-0.05, 0) is 0 Å². The van der Waals surface area contributed by atoms with E-state index in [2.05, 4.69) is 0 Å². The second kappa shape index (κ2) is 369. The van der Waals surface area contributed by atoms with Crippen LogP contribution in [0.2, 0.25) is 0 Å². The Bertz CT molecular complexity index is 9.30. The standard InChI is InChI=1S/3Mg.8H2O/h;;;8*1H2.